The number of carbonyl (C=O) groups is 1. The van der Waals surface area contributed by atoms with E-state index in [0.29, 0.717) is 35.5 Å². The second-order valence-corrected chi connectivity index (χ2v) is 6.96. The molecule has 0 aliphatic carbocycles. The molecule has 1 aliphatic heterocycles. The number of carbonyl (C=O) groups excluding carboxylic acids is 1. The first-order chi connectivity index (χ1) is 14.7. The van der Waals surface area contributed by atoms with E-state index in [1.54, 1.807) is 12.1 Å². The summed E-state index contributed by atoms with van der Waals surface area (Å²) < 4.78 is 18.7. The van der Waals surface area contributed by atoms with Gasteiger partial charge in [-0.05, 0) is 29.8 Å². The van der Waals surface area contributed by atoms with E-state index in [2.05, 4.69) is 10.3 Å². The van der Waals surface area contributed by atoms with Crippen LogP contribution in [-0.4, -0.2) is 42.1 Å². The molecule has 0 bridgehead atoms. The molecule has 1 atom stereocenters. The monoisotopic (exact) mass is 405 g/mol. The van der Waals surface area contributed by atoms with Crippen LogP contribution in [0.25, 0.3) is 11.0 Å². The van der Waals surface area contributed by atoms with Crippen molar-refractivity contribution in [2.75, 3.05) is 31.1 Å². The van der Waals surface area contributed by atoms with Gasteiger partial charge in [0.15, 0.2) is 11.7 Å². The zero-order chi connectivity index (χ0) is 20.9. The van der Waals surface area contributed by atoms with Gasteiger partial charge in [-0.15, -0.1) is 0 Å². The Morgan fingerprint density at radius 3 is 2.60 bits per heavy atom. The van der Waals surface area contributed by atoms with Gasteiger partial charge in [-0.25, -0.2) is 14.4 Å². The first-order valence-electron chi connectivity index (χ1n) is 9.69. The Labute approximate surface area is 173 Å². The van der Waals surface area contributed by atoms with E-state index < -0.39 is 17.7 Å². The number of hydrogen-bond acceptors (Lipinski definition) is 7. The first-order valence-corrected chi connectivity index (χ1v) is 9.69. The SMILES string of the molecule is N#CC(C(=O)OCc1cccc(F)c1)c1nc2ccccc2nc1N1CCNCC1. The molecule has 1 aromatic heterocycles. The molecule has 2 heterocycles. The minimum atomic E-state index is -1.24. The summed E-state index contributed by atoms with van der Waals surface area (Å²) in [5.41, 5.74) is 2.08. The van der Waals surface area contributed by atoms with E-state index in [1.807, 2.05) is 29.2 Å². The number of anilines is 1. The van der Waals surface area contributed by atoms with E-state index in [0.717, 1.165) is 13.1 Å². The molecule has 8 heteroatoms. The maximum atomic E-state index is 13.4. The van der Waals surface area contributed by atoms with Crippen molar-refractivity contribution in [1.29, 1.82) is 5.26 Å². The Kier molecular flexibility index (Phi) is 5.82. The summed E-state index contributed by atoms with van der Waals surface area (Å²) in [6.07, 6.45) is 0. The number of ether oxygens (including phenoxy) is 1. The van der Waals surface area contributed by atoms with E-state index >= 15 is 0 Å². The third-order valence-electron chi connectivity index (χ3n) is 4.90. The van der Waals surface area contributed by atoms with E-state index in [9.17, 15) is 14.4 Å². The molecule has 0 amide bonds. The van der Waals surface area contributed by atoms with Gasteiger partial charge in [0.25, 0.3) is 0 Å². The zero-order valence-electron chi connectivity index (χ0n) is 16.2. The van der Waals surface area contributed by atoms with E-state index in [4.69, 9.17) is 9.72 Å². The number of para-hydroxylation sites is 2. The molecule has 1 saturated heterocycles. The van der Waals surface area contributed by atoms with Crippen molar-refractivity contribution in [3.63, 3.8) is 0 Å². The van der Waals surface area contributed by atoms with E-state index in [-0.39, 0.29) is 12.3 Å². The third kappa shape index (κ3) is 4.21. The largest absolute Gasteiger partial charge is 0.460 e. The predicted molar refractivity (Wildman–Crippen MR) is 109 cm³/mol. The topological polar surface area (TPSA) is 91.1 Å². The number of nitrogens with zero attached hydrogens (tertiary/aromatic N) is 4. The number of rotatable bonds is 5. The number of esters is 1. The quantitative estimate of drug-likeness (QED) is 0.652. The van der Waals surface area contributed by atoms with Crippen LogP contribution < -0.4 is 10.2 Å². The van der Waals surface area contributed by atoms with Gasteiger partial charge >= 0.3 is 5.97 Å². The lowest BCUT2D eigenvalue weighted by molar-refractivity contribution is -0.145. The van der Waals surface area contributed by atoms with Crippen molar-refractivity contribution < 1.29 is 13.9 Å². The fraction of sp³-hybridized carbons (Fsp3) is 0.273. The molecule has 1 N–H and O–H groups in total. The van der Waals surface area contributed by atoms with Gasteiger partial charge in [0.2, 0.25) is 0 Å². The van der Waals surface area contributed by atoms with Crippen LogP contribution in [-0.2, 0) is 16.1 Å². The smallest absolute Gasteiger partial charge is 0.330 e. The van der Waals surface area contributed by atoms with Crippen LogP contribution in [0.15, 0.2) is 48.5 Å². The van der Waals surface area contributed by atoms with Crippen molar-refractivity contribution in [3.8, 4) is 6.07 Å². The number of nitrogens with one attached hydrogen (secondary N) is 1. The van der Waals surface area contributed by atoms with Crippen LogP contribution >= 0.6 is 0 Å². The molecule has 0 radical (unpaired) electrons. The van der Waals surface area contributed by atoms with Gasteiger partial charge < -0.3 is 15.0 Å². The van der Waals surface area contributed by atoms with Crippen LogP contribution in [0.1, 0.15) is 17.2 Å². The van der Waals surface area contributed by atoms with Crippen LogP contribution in [0.2, 0.25) is 0 Å². The molecule has 1 aliphatic rings. The van der Waals surface area contributed by atoms with E-state index in [1.165, 1.54) is 18.2 Å². The molecule has 152 valence electrons. The Hall–Kier alpha value is -3.57. The summed E-state index contributed by atoms with van der Waals surface area (Å²) in [6, 6.07) is 15.1. The second kappa shape index (κ2) is 8.84. The highest BCUT2D eigenvalue weighted by molar-refractivity contribution is 5.85. The molecular formula is C22H20FN5O2. The molecule has 4 rings (SSSR count). The predicted octanol–water partition coefficient (Wildman–Crippen LogP) is 2.53. The number of nitriles is 1. The molecule has 1 fully saturated rings. The van der Waals surface area contributed by atoms with Gasteiger partial charge in [0.1, 0.15) is 18.1 Å². The number of hydrogen-bond donors (Lipinski definition) is 1. The van der Waals surface area contributed by atoms with Gasteiger partial charge in [0.05, 0.1) is 17.1 Å². The maximum Gasteiger partial charge on any atom is 0.330 e. The van der Waals surface area contributed by atoms with Crippen LogP contribution in [0.3, 0.4) is 0 Å². The lowest BCUT2D eigenvalue weighted by Crippen LogP contribution is -2.44. The molecule has 7 nitrogen and oxygen atoms in total. The average Bonchev–Trinajstić information content (AvgIpc) is 2.78. The Morgan fingerprint density at radius 2 is 1.90 bits per heavy atom. The Morgan fingerprint density at radius 1 is 1.17 bits per heavy atom. The van der Waals surface area contributed by atoms with Crippen LogP contribution in [0, 0.1) is 17.1 Å². The second-order valence-electron chi connectivity index (χ2n) is 6.96. The minimum Gasteiger partial charge on any atom is -0.460 e. The average molecular weight is 405 g/mol. The Bertz CT molecular complexity index is 1110. The molecule has 30 heavy (non-hydrogen) atoms. The fourth-order valence-corrected chi connectivity index (χ4v) is 3.40. The lowest BCUT2D eigenvalue weighted by atomic mass is 10.1. The molecule has 2 aromatic carbocycles. The Balaban J connectivity index is 1.65. The van der Waals surface area contributed by atoms with Crippen molar-refractivity contribution in [2.24, 2.45) is 0 Å². The van der Waals surface area contributed by atoms with Crippen molar-refractivity contribution in [3.05, 3.63) is 65.6 Å². The van der Waals surface area contributed by atoms with Gasteiger partial charge in [0, 0.05) is 26.2 Å². The molecular weight excluding hydrogens is 385 g/mol. The summed E-state index contributed by atoms with van der Waals surface area (Å²) >= 11 is 0. The van der Waals surface area contributed by atoms with Gasteiger partial charge in [-0.3, -0.25) is 4.79 Å². The van der Waals surface area contributed by atoms with Crippen LogP contribution in [0.4, 0.5) is 10.2 Å². The third-order valence-corrected chi connectivity index (χ3v) is 4.90. The van der Waals surface area contributed by atoms with Crippen LogP contribution in [0.5, 0.6) is 0 Å². The summed E-state index contributed by atoms with van der Waals surface area (Å²) in [5, 5.41) is 13.0. The molecule has 3 aromatic rings. The normalized spacial score (nSPS) is 14.9. The summed E-state index contributed by atoms with van der Waals surface area (Å²) in [6.45, 7) is 2.80. The van der Waals surface area contributed by atoms with Gasteiger partial charge in [-0.2, -0.15) is 5.26 Å². The van der Waals surface area contributed by atoms with Gasteiger partial charge in [-0.1, -0.05) is 24.3 Å². The molecule has 0 spiro atoms. The lowest BCUT2D eigenvalue weighted by Gasteiger charge is -2.30. The molecule has 1 unspecified atom stereocenters. The number of fused-ring (bicyclic) bond motifs is 1. The number of halogens is 1. The maximum absolute atomic E-state index is 13.4. The highest BCUT2D eigenvalue weighted by Crippen LogP contribution is 2.28. The summed E-state index contributed by atoms with van der Waals surface area (Å²) in [7, 11) is 0. The summed E-state index contributed by atoms with van der Waals surface area (Å²) in [5.74, 6) is -1.87. The number of aromatic nitrogens is 2. The van der Waals surface area contributed by atoms with Crippen molar-refractivity contribution >= 4 is 22.8 Å². The number of piperazine rings is 1. The highest BCUT2D eigenvalue weighted by atomic mass is 19.1. The minimum absolute atomic E-state index is 0.126. The highest BCUT2D eigenvalue weighted by Gasteiger charge is 2.30. The number of benzene rings is 2. The molecule has 0 saturated carbocycles. The fourth-order valence-electron chi connectivity index (χ4n) is 3.40. The van der Waals surface area contributed by atoms with Crippen molar-refractivity contribution in [2.45, 2.75) is 12.5 Å². The van der Waals surface area contributed by atoms with Crippen molar-refractivity contribution in [1.82, 2.24) is 15.3 Å². The zero-order valence-corrected chi connectivity index (χ0v) is 16.2. The standard InChI is InChI=1S/C22H20FN5O2/c23-16-5-3-4-15(12-16)14-30-22(29)17(13-24)20-21(28-10-8-25-9-11-28)27-19-7-2-1-6-18(19)26-20/h1-7,12,17,25H,8-11,14H2. The first kappa shape index (κ1) is 19.7. The summed E-state index contributed by atoms with van der Waals surface area (Å²) in [4.78, 5) is 24.1.